The van der Waals surface area contributed by atoms with E-state index in [9.17, 15) is 24.1 Å². The van der Waals surface area contributed by atoms with E-state index in [1.54, 1.807) is 15.9 Å². The summed E-state index contributed by atoms with van der Waals surface area (Å²) in [5, 5.41) is 10.6. The number of rotatable bonds is 5. The number of nitro groups is 1. The summed E-state index contributed by atoms with van der Waals surface area (Å²) in [6.07, 6.45) is 0. The second-order valence-corrected chi connectivity index (χ2v) is 6.22. The molecule has 2 aromatic carbocycles. The number of piperazine rings is 1. The van der Waals surface area contributed by atoms with Gasteiger partial charge >= 0.3 is 0 Å². The lowest BCUT2D eigenvalue weighted by Gasteiger charge is -2.34. The normalized spacial score (nSPS) is 13.9. The number of halogens is 1. The Morgan fingerprint density at radius 2 is 1.68 bits per heavy atom. The van der Waals surface area contributed by atoms with Crippen molar-refractivity contribution < 1.29 is 23.6 Å². The first-order chi connectivity index (χ1) is 13.4. The van der Waals surface area contributed by atoms with Crippen LogP contribution in [0, 0.1) is 15.9 Å². The van der Waals surface area contributed by atoms with Gasteiger partial charge in [-0.15, -0.1) is 0 Å². The summed E-state index contributed by atoms with van der Waals surface area (Å²) in [6, 6.07) is 11.0. The van der Waals surface area contributed by atoms with Crippen LogP contribution < -0.4 is 4.74 Å². The Labute approximate surface area is 160 Å². The van der Waals surface area contributed by atoms with Gasteiger partial charge in [0.05, 0.1) is 4.92 Å². The maximum atomic E-state index is 13.3. The van der Waals surface area contributed by atoms with E-state index in [1.165, 1.54) is 42.5 Å². The molecular weight excluding hydrogens is 369 g/mol. The molecule has 0 bridgehead atoms. The number of nitrogens with zero attached hydrogens (tertiary/aromatic N) is 3. The molecule has 1 heterocycles. The van der Waals surface area contributed by atoms with Crippen molar-refractivity contribution in [3.63, 3.8) is 0 Å². The highest BCUT2D eigenvalue weighted by Gasteiger charge is 2.25. The van der Waals surface area contributed by atoms with Gasteiger partial charge in [-0.05, 0) is 30.3 Å². The van der Waals surface area contributed by atoms with Crippen molar-refractivity contribution in [3.05, 3.63) is 70.0 Å². The van der Waals surface area contributed by atoms with Crippen LogP contribution in [0.1, 0.15) is 10.4 Å². The Hall–Kier alpha value is -3.49. The maximum absolute atomic E-state index is 13.3. The number of hydrogen-bond donors (Lipinski definition) is 0. The van der Waals surface area contributed by atoms with Crippen LogP contribution in [0.4, 0.5) is 10.1 Å². The number of nitro benzene ring substituents is 1. The van der Waals surface area contributed by atoms with E-state index in [0.717, 1.165) is 0 Å². The topological polar surface area (TPSA) is 93.0 Å². The number of ether oxygens (including phenoxy) is 1. The zero-order valence-corrected chi connectivity index (χ0v) is 14.9. The molecule has 0 unspecified atom stereocenters. The van der Waals surface area contributed by atoms with E-state index in [4.69, 9.17) is 4.74 Å². The highest BCUT2D eigenvalue weighted by Crippen LogP contribution is 2.17. The van der Waals surface area contributed by atoms with Gasteiger partial charge in [-0.1, -0.05) is 6.07 Å². The summed E-state index contributed by atoms with van der Waals surface area (Å²) in [5.41, 5.74) is 0.221. The predicted octanol–water partition coefficient (Wildman–Crippen LogP) is 2.10. The van der Waals surface area contributed by atoms with Crippen LogP contribution in [0.25, 0.3) is 0 Å². The van der Waals surface area contributed by atoms with E-state index < -0.39 is 10.7 Å². The van der Waals surface area contributed by atoms with Crippen LogP contribution in [-0.4, -0.2) is 59.3 Å². The fourth-order valence-corrected chi connectivity index (χ4v) is 2.86. The maximum Gasteiger partial charge on any atom is 0.269 e. The quantitative estimate of drug-likeness (QED) is 0.579. The molecule has 0 saturated carbocycles. The third-order valence-electron chi connectivity index (χ3n) is 4.40. The first-order valence-electron chi connectivity index (χ1n) is 8.64. The Morgan fingerprint density at radius 1 is 1.04 bits per heavy atom. The Bertz CT molecular complexity index is 879. The Balaban J connectivity index is 1.48. The minimum atomic E-state index is -0.514. The molecule has 28 heavy (non-hydrogen) atoms. The van der Waals surface area contributed by atoms with Crippen LogP contribution in [0.15, 0.2) is 48.5 Å². The fraction of sp³-hybridized carbons (Fsp3) is 0.263. The number of non-ortho nitro benzene ring substituents is 1. The number of carbonyl (C=O) groups is 2. The lowest BCUT2D eigenvalue weighted by Crippen LogP contribution is -2.51. The van der Waals surface area contributed by atoms with E-state index in [2.05, 4.69) is 0 Å². The van der Waals surface area contributed by atoms with Gasteiger partial charge in [0.2, 0.25) is 0 Å². The van der Waals surface area contributed by atoms with E-state index in [-0.39, 0.29) is 29.7 Å². The van der Waals surface area contributed by atoms with Crippen LogP contribution in [0.3, 0.4) is 0 Å². The minimum absolute atomic E-state index is 0.0576. The smallest absolute Gasteiger partial charge is 0.269 e. The summed E-state index contributed by atoms with van der Waals surface area (Å²) < 4.78 is 18.7. The molecule has 146 valence electrons. The molecule has 0 N–H and O–H groups in total. The molecule has 1 fully saturated rings. The minimum Gasteiger partial charge on any atom is -0.484 e. The van der Waals surface area contributed by atoms with Crippen molar-refractivity contribution in [2.45, 2.75) is 0 Å². The molecule has 2 amide bonds. The second kappa shape index (κ2) is 8.47. The SMILES string of the molecule is O=C(COc1ccc([N+](=O)[O-])cc1)N1CCN(C(=O)c2cccc(F)c2)CC1. The monoisotopic (exact) mass is 387 g/mol. The number of hydrogen-bond acceptors (Lipinski definition) is 5. The molecule has 1 saturated heterocycles. The summed E-state index contributed by atoms with van der Waals surface area (Å²) in [4.78, 5) is 37.9. The first kappa shape index (κ1) is 19.3. The van der Waals surface area contributed by atoms with Crippen LogP contribution in [-0.2, 0) is 4.79 Å². The van der Waals surface area contributed by atoms with E-state index in [1.807, 2.05) is 0 Å². The zero-order valence-electron chi connectivity index (χ0n) is 14.9. The number of benzene rings is 2. The lowest BCUT2D eigenvalue weighted by molar-refractivity contribution is -0.384. The number of amides is 2. The molecule has 1 aliphatic heterocycles. The molecule has 0 aliphatic carbocycles. The molecule has 0 spiro atoms. The number of carbonyl (C=O) groups excluding carboxylic acids is 2. The summed E-state index contributed by atoms with van der Waals surface area (Å²) >= 11 is 0. The van der Waals surface area contributed by atoms with Crippen molar-refractivity contribution in [2.75, 3.05) is 32.8 Å². The molecule has 9 heteroatoms. The van der Waals surface area contributed by atoms with Gasteiger partial charge in [0, 0.05) is 43.9 Å². The largest absolute Gasteiger partial charge is 0.484 e. The summed E-state index contributed by atoms with van der Waals surface area (Å²) in [5.74, 6) is -0.619. The van der Waals surface area contributed by atoms with Crippen molar-refractivity contribution in [1.82, 2.24) is 9.80 Å². The summed E-state index contributed by atoms with van der Waals surface area (Å²) in [6.45, 7) is 1.19. The fourth-order valence-electron chi connectivity index (χ4n) is 2.86. The Kier molecular flexibility index (Phi) is 5.83. The molecule has 0 atom stereocenters. The van der Waals surface area contributed by atoms with Crippen LogP contribution in [0.2, 0.25) is 0 Å². The third kappa shape index (κ3) is 4.61. The van der Waals surface area contributed by atoms with Gasteiger partial charge in [-0.3, -0.25) is 19.7 Å². The van der Waals surface area contributed by atoms with Crippen LogP contribution in [0.5, 0.6) is 5.75 Å². The third-order valence-corrected chi connectivity index (χ3v) is 4.40. The van der Waals surface area contributed by atoms with E-state index >= 15 is 0 Å². The average molecular weight is 387 g/mol. The Morgan fingerprint density at radius 3 is 2.29 bits per heavy atom. The average Bonchev–Trinajstić information content (AvgIpc) is 2.72. The van der Waals surface area contributed by atoms with Crippen molar-refractivity contribution in [3.8, 4) is 5.75 Å². The van der Waals surface area contributed by atoms with E-state index in [0.29, 0.717) is 31.9 Å². The first-order valence-corrected chi connectivity index (χ1v) is 8.64. The highest BCUT2D eigenvalue weighted by molar-refractivity contribution is 5.94. The van der Waals surface area contributed by atoms with Crippen molar-refractivity contribution >= 4 is 17.5 Å². The van der Waals surface area contributed by atoms with Crippen molar-refractivity contribution in [2.24, 2.45) is 0 Å². The molecule has 0 aromatic heterocycles. The van der Waals surface area contributed by atoms with Gasteiger partial charge in [0.25, 0.3) is 17.5 Å². The lowest BCUT2D eigenvalue weighted by atomic mass is 10.1. The summed E-state index contributed by atoms with van der Waals surface area (Å²) in [7, 11) is 0. The van der Waals surface area contributed by atoms with Crippen molar-refractivity contribution in [1.29, 1.82) is 0 Å². The molecule has 8 nitrogen and oxygen atoms in total. The molecule has 1 aliphatic rings. The molecule has 0 radical (unpaired) electrons. The van der Waals surface area contributed by atoms with Gasteiger partial charge in [-0.25, -0.2) is 4.39 Å². The zero-order chi connectivity index (χ0) is 20.1. The van der Waals surface area contributed by atoms with Gasteiger partial charge in [0.1, 0.15) is 11.6 Å². The second-order valence-electron chi connectivity index (χ2n) is 6.22. The van der Waals surface area contributed by atoms with Gasteiger partial charge < -0.3 is 14.5 Å². The standard InChI is InChI=1S/C19H18FN3O5/c20-15-3-1-2-14(12-15)19(25)22-10-8-21(9-11-22)18(24)13-28-17-6-4-16(5-7-17)23(26)27/h1-7,12H,8-11,13H2. The highest BCUT2D eigenvalue weighted by atomic mass is 19.1. The van der Waals surface area contributed by atoms with Gasteiger partial charge in [0.15, 0.2) is 6.61 Å². The predicted molar refractivity (Wildman–Crippen MR) is 97.5 cm³/mol. The molecular formula is C19H18FN3O5. The van der Waals surface area contributed by atoms with Gasteiger partial charge in [-0.2, -0.15) is 0 Å². The molecule has 3 rings (SSSR count). The molecule has 2 aromatic rings. The van der Waals surface area contributed by atoms with Crippen LogP contribution >= 0.6 is 0 Å².